The van der Waals surface area contributed by atoms with Gasteiger partial charge in [0, 0.05) is 10.6 Å². The standard InChI is InChI=1S/C23H20ClN7O3/c1-14(2)33-18-9-5-16(6-10-18)21-26-19(34-28-21)12-30-13-25-22-20(23(30)32)27-29-31(22)11-15-3-7-17(24)8-4-15/h3-10,13-14H,11-12H2,1-2H3. The molecule has 3 aromatic heterocycles. The molecule has 0 fully saturated rings. The average molecular weight is 478 g/mol. The van der Waals surface area contributed by atoms with Crippen molar-refractivity contribution >= 4 is 22.8 Å². The molecule has 5 rings (SSSR count). The van der Waals surface area contributed by atoms with Gasteiger partial charge in [0.25, 0.3) is 5.56 Å². The van der Waals surface area contributed by atoms with Gasteiger partial charge in [-0.2, -0.15) is 4.98 Å². The monoisotopic (exact) mass is 477 g/mol. The molecular weight excluding hydrogens is 458 g/mol. The largest absolute Gasteiger partial charge is 0.491 e. The molecule has 0 spiro atoms. The van der Waals surface area contributed by atoms with Crippen LogP contribution in [-0.4, -0.2) is 40.8 Å². The molecule has 0 atom stereocenters. The second-order valence-corrected chi connectivity index (χ2v) is 8.36. The van der Waals surface area contributed by atoms with E-state index in [0.717, 1.165) is 16.9 Å². The van der Waals surface area contributed by atoms with Crippen LogP contribution >= 0.6 is 11.6 Å². The number of fused-ring (bicyclic) bond motifs is 1. The summed E-state index contributed by atoms with van der Waals surface area (Å²) in [6.07, 6.45) is 1.51. The van der Waals surface area contributed by atoms with Crippen LogP contribution < -0.4 is 10.3 Å². The zero-order valence-corrected chi connectivity index (χ0v) is 19.2. The molecule has 0 unspecified atom stereocenters. The minimum absolute atomic E-state index is 0.0629. The van der Waals surface area contributed by atoms with Crippen molar-refractivity contribution in [2.45, 2.75) is 33.0 Å². The Kier molecular flexibility index (Phi) is 5.81. The molecule has 5 aromatic rings. The summed E-state index contributed by atoms with van der Waals surface area (Å²) in [5.74, 6) is 1.45. The van der Waals surface area contributed by atoms with Crippen molar-refractivity contribution in [1.82, 2.24) is 34.7 Å². The van der Waals surface area contributed by atoms with Crippen LogP contribution in [-0.2, 0) is 13.1 Å². The molecule has 0 saturated carbocycles. The zero-order chi connectivity index (χ0) is 23.7. The van der Waals surface area contributed by atoms with E-state index in [1.807, 2.05) is 50.2 Å². The molecule has 0 bridgehead atoms. The summed E-state index contributed by atoms with van der Waals surface area (Å²) in [6.45, 7) is 4.41. The summed E-state index contributed by atoms with van der Waals surface area (Å²) in [7, 11) is 0. The van der Waals surface area contributed by atoms with Crippen LogP contribution in [0.1, 0.15) is 25.3 Å². The fourth-order valence-corrected chi connectivity index (χ4v) is 3.53. The van der Waals surface area contributed by atoms with Crippen molar-refractivity contribution in [3.05, 3.63) is 81.7 Å². The van der Waals surface area contributed by atoms with Gasteiger partial charge in [-0.25, -0.2) is 9.67 Å². The molecule has 0 N–H and O–H groups in total. The second kappa shape index (κ2) is 9.06. The Labute approximate surface area is 198 Å². The van der Waals surface area contributed by atoms with Gasteiger partial charge >= 0.3 is 0 Å². The summed E-state index contributed by atoms with van der Waals surface area (Å²) < 4.78 is 13.9. The molecule has 0 amide bonds. The van der Waals surface area contributed by atoms with Gasteiger partial charge in [-0.15, -0.1) is 5.10 Å². The summed E-state index contributed by atoms with van der Waals surface area (Å²) in [5.41, 5.74) is 1.95. The van der Waals surface area contributed by atoms with Gasteiger partial charge in [0.15, 0.2) is 11.2 Å². The Morgan fingerprint density at radius 2 is 1.82 bits per heavy atom. The molecule has 0 radical (unpaired) electrons. The highest BCUT2D eigenvalue weighted by Crippen LogP contribution is 2.21. The van der Waals surface area contributed by atoms with Gasteiger partial charge in [-0.1, -0.05) is 34.1 Å². The van der Waals surface area contributed by atoms with E-state index in [0.29, 0.717) is 23.0 Å². The summed E-state index contributed by atoms with van der Waals surface area (Å²) >= 11 is 5.94. The summed E-state index contributed by atoms with van der Waals surface area (Å²) in [6, 6.07) is 14.8. The number of aromatic nitrogens is 7. The molecule has 0 aliphatic rings. The highest BCUT2D eigenvalue weighted by atomic mass is 35.5. The van der Waals surface area contributed by atoms with E-state index < -0.39 is 0 Å². The zero-order valence-electron chi connectivity index (χ0n) is 18.4. The van der Waals surface area contributed by atoms with Gasteiger partial charge in [-0.3, -0.25) is 9.36 Å². The minimum atomic E-state index is -0.345. The predicted molar refractivity (Wildman–Crippen MR) is 125 cm³/mol. The van der Waals surface area contributed by atoms with E-state index in [4.69, 9.17) is 20.9 Å². The lowest BCUT2D eigenvalue weighted by Crippen LogP contribution is -2.21. The summed E-state index contributed by atoms with van der Waals surface area (Å²) in [5, 5.41) is 12.8. The first-order valence-electron chi connectivity index (χ1n) is 10.6. The second-order valence-electron chi connectivity index (χ2n) is 7.93. The maximum Gasteiger partial charge on any atom is 0.283 e. The minimum Gasteiger partial charge on any atom is -0.491 e. The van der Waals surface area contributed by atoms with Gasteiger partial charge in [0.2, 0.25) is 11.7 Å². The third-order valence-electron chi connectivity index (χ3n) is 5.00. The third-order valence-corrected chi connectivity index (χ3v) is 5.25. The fraction of sp³-hybridized carbons (Fsp3) is 0.217. The molecule has 2 aromatic carbocycles. The van der Waals surface area contributed by atoms with Crippen molar-refractivity contribution in [2.75, 3.05) is 0 Å². The first-order valence-corrected chi connectivity index (χ1v) is 11.0. The van der Waals surface area contributed by atoms with Crippen LogP contribution in [0.15, 0.2) is 64.2 Å². The molecule has 0 saturated heterocycles. The van der Waals surface area contributed by atoms with Gasteiger partial charge in [-0.05, 0) is 55.8 Å². The van der Waals surface area contributed by atoms with E-state index in [1.165, 1.54) is 10.9 Å². The first-order chi connectivity index (χ1) is 16.5. The molecule has 0 aliphatic carbocycles. The lowest BCUT2D eigenvalue weighted by atomic mass is 10.2. The lowest BCUT2D eigenvalue weighted by molar-refractivity contribution is 0.242. The molecule has 3 heterocycles. The Balaban J connectivity index is 1.34. The van der Waals surface area contributed by atoms with Crippen molar-refractivity contribution in [2.24, 2.45) is 0 Å². The number of benzene rings is 2. The Morgan fingerprint density at radius 3 is 2.56 bits per heavy atom. The maximum atomic E-state index is 12.9. The number of hydrogen-bond donors (Lipinski definition) is 0. The average Bonchev–Trinajstić information content (AvgIpc) is 3.45. The molecule has 34 heavy (non-hydrogen) atoms. The van der Waals surface area contributed by atoms with Crippen LogP contribution in [0.4, 0.5) is 0 Å². The highest BCUT2D eigenvalue weighted by molar-refractivity contribution is 6.30. The summed E-state index contributed by atoms with van der Waals surface area (Å²) in [4.78, 5) is 21.7. The topological polar surface area (TPSA) is 114 Å². The van der Waals surface area contributed by atoms with Crippen molar-refractivity contribution in [3.63, 3.8) is 0 Å². The number of hydrogen-bond acceptors (Lipinski definition) is 8. The molecule has 0 aliphatic heterocycles. The van der Waals surface area contributed by atoms with Gasteiger partial charge in [0.1, 0.15) is 18.6 Å². The molecular formula is C23H20ClN7O3. The third kappa shape index (κ3) is 4.53. The van der Waals surface area contributed by atoms with E-state index in [2.05, 4.69) is 25.4 Å². The van der Waals surface area contributed by atoms with Crippen LogP contribution in [0.3, 0.4) is 0 Å². The van der Waals surface area contributed by atoms with Crippen molar-refractivity contribution in [1.29, 1.82) is 0 Å². The van der Waals surface area contributed by atoms with Crippen molar-refractivity contribution in [3.8, 4) is 17.1 Å². The quantitative estimate of drug-likeness (QED) is 0.349. The Hall–Kier alpha value is -4.05. The highest BCUT2D eigenvalue weighted by Gasteiger charge is 2.15. The smallest absolute Gasteiger partial charge is 0.283 e. The van der Waals surface area contributed by atoms with Gasteiger partial charge in [0.05, 0.1) is 12.6 Å². The lowest BCUT2D eigenvalue weighted by Gasteiger charge is -2.09. The number of rotatable bonds is 7. The molecule has 172 valence electrons. The first kappa shape index (κ1) is 21.8. The van der Waals surface area contributed by atoms with Crippen LogP contribution in [0.2, 0.25) is 5.02 Å². The Morgan fingerprint density at radius 1 is 1.06 bits per heavy atom. The fourth-order valence-electron chi connectivity index (χ4n) is 3.41. The van der Waals surface area contributed by atoms with Gasteiger partial charge < -0.3 is 9.26 Å². The van der Waals surface area contributed by atoms with Crippen molar-refractivity contribution < 1.29 is 9.26 Å². The molecule has 10 nitrogen and oxygen atoms in total. The van der Waals surface area contributed by atoms with Crippen LogP contribution in [0.25, 0.3) is 22.6 Å². The Bertz CT molecular complexity index is 1490. The normalized spacial score (nSPS) is 11.4. The molecule has 11 heteroatoms. The maximum absolute atomic E-state index is 12.9. The van der Waals surface area contributed by atoms with Crippen LogP contribution in [0, 0.1) is 0 Å². The number of nitrogens with zero attached hydrogens (tertiary/aromatic N) is 7. The number of halogens is 1. The van der Waals surface area contributed by atoms with E-state index >= 15 is 0 Å². The predicted octanol–water partition coefficient (Wildman–Crippen LogP) is 3.58. The number of ether oxygens (including phenoxy) is 1. The van der Waals surface area contributed by atoms with E-state index in [1.54, 1.807) is 16.8 Å². The van der Waals surface area contributed by atoms with Crippen LogP contribution in [0.5, 0.6) is 5.75 Å². The SMILES string of the molecule is CC(C)Oc1ccc(-c2noc(Cn3cnc4c(nnn4Cc4ccc(Cl)cc4)c3=O)n2)cc1. The van der Waals surface area contributed by atoms with E-state index in [-0.39, 0.29) is 29.6 Å². The van der Waals surface area contributed by atoms with E-state index in [9.17, 15) is 4.79 Å².